The van der Waals surface area contributed by atoms with Crippen LogP contribution in [0.1, 0.15) is 31.4 Å². The number of aromatic nitrogens is 3. The molecule has 0 aliphatic carbocycles. The van der Waals surface area contributed by atoms with E-state index in [2.05, 4.69) is 51.0 Å². The molecule has 1 aromatic carbocycles. The third-order valence-electron chi connectivity index (χ3n) is 6.05. The molecular weight excluding hydrogens is 360 g/mol. The summed E-state index contributed by atoms with van der Waals surface area (Å²) in [6.07, 6.45) is 5.97. The Balaban J connectivity index is 1.33. The maximum Gasteiger partial charge on any atom is 0.156 e. The van der Waals surface area contributed by atoms with Gasteiger partial charge in [0.25, 0.3) is 0 Å². The van der Waals surface area contributed by atoms with Crippen molar-refractivity contribution in [3.05, 3.63) is 54.5 Å². The zero-order valence-electron chi connectivity index (χ0n) is 17.0. The van der Waals surface area contributed by atoms with Crippen LogP contribution >= 0.6 is 0 Å². The molecule has 2 aliphatic heterocycles. The van der Waals surface area contributed by atoms with Crippen molar-refractivity contribution in [2.75, 3.05) is 36.5 Å². The Labute approximate surface area is 171 Å². The highest BCUT2D eigenvalue weighted by Crippen LogP contribution is 2.37. The van der Waals surface area contributed by atoms with Crippen molar-refractivity contribution in [2.24, 2.45) is 10.9 Å². The number of para-hydroxylation sites is 1. The zero-order valence-corrected chi connectivity index (χ0v) is 17.0. The molecule has 0 unspecified atom stereocenters. The number of amidine groups is 1. The second-order valence-electron chi connectivity index (χ2n) is 7.91. The van der Waals surface area contributed by atoms with Gasteiger partial charge < -0.3 is 9.80 Å². The van der Waals surface area contributed by atoms with Crippen molar-refractivity contribution < 1.29 is 0 Å². The monoisotopic (exact) mass is 386 g/mol. The molecule has 4 heterocycles. The highest BCUT2D eigenvalue weighted by atomic mass is 15.3. The maximum atomic E-state index is 4.83. The van der Waals surface area contributed by atoms with E-state index in [9.17, 15) is 0 Å². The molecule has 0 bridgehead atoms. The molecule has 29 heavy (non-hydrogen) atoms. The third-order valence-corrected chi connectivity index (χ3v) is 6.05. The van der Waals surface area contributed by atoms with Crippen LogP contribution < -0.4 is 9.80 Å². The Morgan fingerprint density at radius 2 is 1.86 bits per heavy atom. The van der Waals surface area contributed by atoms with Crippen LogP contribution in [0.2, 0.25) is 0 Å². The van der Waals surface area contributed by atoms with Gasteiger partial charge in [-0.25, -0.2) is 9.97 Å². The Bertz CT molecular complexity index is 1060. The van der Waals surface area contributed by atoms with E-state index in [4.69, 9.17) is 9.97 Å². The minimum absolute atomic E-state index is 0.371. The number of hydrogen-bond acceptors (Lipinski definition) is 5. The average molecular weight is 387 g/mol. The average Bonchev–Trinajstić information content (AvgIpc) is 2.71. The van der Waals surface area contributed by atoms with Crippen LogP contribution in [0.3, 0.4) is 0 Å². The van der Waals surface area contributed by atoms with Gasteiger partial charge in [-0.2, -0.15) is 0 Å². The fourth-order valence-corrected chi connectivity index (χ4v) is 4.48. The minimum atomic E-state index is 0.371. The number of rotatable bonds is 5. The highest BCUT2D eigenvalue weighted by molar-refractivity contribution is 6.05. The fraction of sp³-hybridized carbons (Fsp3) is 0.391. The van der Waals surface area contributed by atoms with Gasteiger partial charge in [-0.3, -0.25) is 9.98 Å². The molecular formula is C23H26N6. The first kappa shape index (κ1) is 18.0. The summed E-state index contributed by atoms with van der Waals surface area (Å²) < 4.78 is 0. The number of fused-ring (bicyclic) bond motifs is 1. The summed E-state index contributed by atoms with van der Waals surface area (Å²) in [4.78, 5) is 23.3. The summed E-state index contributed by atoms with van der Waals surface area (Å²) in [5.41, 5.74) is 2.13. The summed E-state index contributed by atoms with van der Waals surface area (Å²) in [6, 6.07) is 12.5. The van der Waals surface area contributed by atoms with E-state index in [0.717, 1.165) is 48.3 Å². The number of pyridine rings is 1. The Morgan fingerprint density at radius 3 is 2.69 bits per heavy atom. The van der Waals surface area contributed by atoms with E-state index >= 15 is 0 Å². The SMILES string of the molecule is CCC[C@@H]1CN(c2nccnc2C2CN(c3ccc4ccccc4n3)C2)/C1=N\C. The molecule has 0 saturated carbocycles. The maximum absolute atomic E-state index is 4.83. The van der Waals surface area contributed by atoms with Crippen molar-refractivity contribution in [1.29, 1.82) is 0 Å². The predicted octanol–water partition coefficient (Wildman–Crippen LogP) is 3.89. The van der Waals surface area contributed by atoms with Crippen LogP contribution in [-0.2, 0) is 0 Å². The van der Waals surface area contributed by atoms with E-state index in [1.165, 1.54) is 18.2 Å². The van der Waals surface area contributed by atoms with E-state index < -0.39 is 0 Å². The Kier molecular flexibility index (Phi) is 4.62. The third kappa shape index (κ3) is 3.12. The lowest BCUT2D eigenvalue weighted by atomic mass is 9.90. The first-order valence-electron chi connectivity index (χ1n) is 10.4. The first-order valence-corrected chi connectivity index (χ1v) is 10.4. The van der Waals surface area contributed by atoms with Crippen LogP contribution in [0.25, 0.3) is 10.9 Å². The van der Waals surface area contributed by atoms with Crippen LogP contribution in [0.15, 0.2) is 53.8 Å². The van der Waals surface area contributed by atoms with Crippen LogP contribution in [-0.4, -0.2) is 47.5 Å². The number of aliphatic imine (C=N–C) groups is 1. The van der Waals surface area contributed by atoms with Gasteiger partial charge in [-0.1, -0.05) is 31.5 Å². The molecule has 6 nitrogen and oxygen atoms in total. The second-order valence-corrected chi connectivity index (χ2v) is 7.91. The summed E-state index contributed by atoms with van der Waals surface area (Å²) >= 11 is 0. The topological polar surface area (TPSA) is 57.5 Å². The van der Waals surface area contributed by atoms with E-state index in [1.54, 1.807) is 6.20 Å². The minimum Gasteiger partial charge on any atom is -0.355 e. The summed E-state index contributed by atoms with van der Waals surface area (Å²) in [7, 11) is 1.89. The molecule has 2 aromatic heterocycles. The number of benzene rings is 1. The molecule has 2 aliphatic rings. The molecule has 0 spiro atoms. The Hall–Kier alpha value is -3.02. The van der Waals surface area contributed by atoms with Gasteiger partial charge in [-0.05, 0) is 24.6 Å². The normalized spacial score (nSPS) is 20.8. The van der Waals surface area contributed by atoms with Crippen LogP contribution in [0.4, 0.5) is 11.6 Å². The smallest absolute Gasteiger partial charge is 0.156 e. The number of nitrogens with zero attached hydrogens (tertiary/aromatic N) is 6. The number of hydrogen-bond donors (Lipinski definition) is 0. The largest absolute Gasteiger partial charge is 0.355 e. The Morgan fingerprint density at radius 1 is 1.03 bits per heavy atom. The lowest BCUT2D eigenvalue weighted by Gasteiger charge is -2.45. The van der Waals surface area contributed by atoms with E-state index in [0.29, 0.717) is 11.8 Å². The van der Waals surface area contributed by atoms with Crippen molar-refractivity contribution in [3.8, 4) is 0 Å². The van der Waals surface area contributed by atoms with Gasteiger partial charge in [0.15, 0.2) is 5.82 Å². The quantitative estimate of drug-likeness (QED) is 0.666. The molecule has 3 aromatic rings. The molecule has 2 saturated heterocycles. The number of anilines is 2. The highest BCUT2D eigenvalue weighted by Gasteiger charge is 2.39. The molecule has 5 rings (SSSR count). The van der Waals surface area contributed by atoms with Gasteiger partial charge in [0, 0.05) is 56.3 Å². The molecule has 0 radical (unpaired) electrons. The van der Waals surface area contributed by atoms with E-state index in [1.807, 2.05) is 25.4 Å². The second kappa shape index (κ2) is 7.43. The van der Waals surface area contributed by atoms with Crippen LogP contribution in [0, 0.1) is 5.92 Å². The standard InChI is InChI=1S/C23H26N6/c1-3-6-17-15-29(22(17)24-2)23-21(25-11-12-26-23)18-13-28(14-18)20-10-9-16-7-4-5-8-19(16)27-20/h4-5,7-12,17-18H,3,6,13-15H2,1-2H3/b24-22-/t17-/m1/s1. The van der Waals surface area contributed by atoms with Gasteiger partial charge in [0.1, 0.15) is 11.7 Å². The first-order chi connectivity index (χ1) is 14.3. The molecule has 2 fully saturated rings. The van der Waals surface area contributed by atoms with Gasteiger partial charge >= 0.3 is 0 Å². The van der Waals surface area contributed by atoms with Crippen molar-refractivity contribution in [2.45, 2.75) is 25.7 Å². The van der Waals surface area contributed by atoms with Gasteiger partial charge in [-0.15, -0.1) is 0 Å². The van der Waals surface area contributed by atoms with Crippen LogP contribution in [0.5, 0.6) is 0 Å². The van der Waals surface area contributed by atoms with Gasteiger partial charge in [0.05, 0.1) is 11.2 Å². The lowest BCUT2D eigenvalue weighted by Crippen LogP contribution is -2.54. The zero-order chi connectivity index (χ0) is 19.8. The summed E-state index contributed by atoms with van der Waals surface area (Å²) in [5, 5.41) is 1.18. The van der Waals surface area contributed by atoms with Crippen molar-refractivity contribution in [1.82, 2.24) is 15.0 Å². The molecule has 0 N–H and O–H groups in total. The lowest BCUT2D eigenvalue weighted by molar-refractivity contribution is 0.500. The summed E-state index contributed by atoms with van der Waals surface area (Å²) in [6.45, 7) is 5.06. The van der Waals surface area contributed by atoms with E-state index in [-0.39, 0.29) is 0 Å². The van der Waals surface area contributed by atoms with Crippen molar-refractivity contribution in [3.63, 3.8) is 0 Å². The molecule has 6 heteroatoms. The molecule has 148 valence electrons. The predicted molar refractivity (Wildman–Crippen MR) is 118 cm³/mol. The molecule has 0 amide bonds. The van der Waals surface area contributed by atoms with Crippen molar-refractivity contribution >= 4 is 28.4 Å². The molecule has 1 atom stereocenters. The fourth-order valence-electron chi connectivity index (χ4n) is 4.48. The summed E-state index contributed by atoms with van der Waals surface area (Å²) in [5.74, 6) is 4.10. The van der Waals surface area contributed by atoms with Gasteiger partial charge in [0.2, 0.25) is 0 Å².